The van der Waals surface area contributed by atoms with Gasteiger partial charge in [0, 0.05) is 6.20 Å². The molecule has 88 valence electrons. The quantitative estimate of drug-likeness (QED) is 0.692. The Labute approximate surface area is 97.1 Å². The lowest BCUT2D eigenvalue weighted by molar-refractivity contribution is 0.279. The molecular formula is C13H19NO2. The third kappa shape index (κ3) is 3.57. The summed E-state index contributed by atoms with van der Waals surface area (Å²) in [7, 11) is 0. The first-order valence-corrected chi connectivity index (χ1v) is 5.53. The van der Waals surface area contributed by atoms with Crippen molar-refractivity contribution in [2.75, 3.05) is 13.2 Å². The van der Waals surface area contributed by atoms with Crippen LogP contribution in [0.15, 0.2) is 30.5 Å². The molecule has 0 atom stereocenters. The van der Waals surface area contributed by atoms with Crippen molar-refractivity contribution in [3.05, 3.63) is 30.5 Å². The van der Waals surface area contributed by atoms with Crippen molar-refractivity contribution in [2.24, 2.45) is 5.92 Å². The van der Waals surface area contributed by atoms with E-state index in [2.05, 4.69) is 25.4 Å². The SMILES string of the molecule is C=C(COc1cccnc1OCC)C(C)C. The molecule has 1 aromatic rings. The highest BCUT2D eigenvalue weighted by Crippen LogP contribution is 2.24. The first kappa shape index (κ1) is 12.6. The number of ether oxygens (including phenoxy) is 2. The number of hydrogen-bond donors (Lipinski definition) is 0. The average molecular weight is 221 g/mol. The third-order valence-electron chi connectivity index (χ3n) is 2.25. The van der Waals surface area contributed by atoms with Gasteiger partial charge in [0.05, 0.1) is 6.61 Å². The summed E-state index contributed by atoms with van der Waals surface area (Å²) in [5.74, 6) is 1.64. The van der Waals surface area contributed by atoms with Gasteiger partial charge in [-0.2, -0.15) is 0 Å². The number of rotatable bonds is 6. The maximum atomic E-state index is 5.63. The van der Waals surface area contributed by atoms with E-state index in [1.807, 2.05) is 19.1 Å². The van der Waals surface area contributed by atoms with Gasteiger partial charge in [0.2, 0.25) is 0 Å². The van der Waals surface area contributed by atoms with Crippen LogP contribution < -0.4 is 9.47 Å². The average Bonchev–Trinajstić information content (AvgIpc) is 2.27. The molecule has 0 aliphatic rings. The fraction of sp³-hybridized carbons (Fsp3) is 0.462. The minimum Gasteiger partial charge on any atom is -0.484 e. The molecule has 0 N–H and O–H groups in total. The summed E-state index contributed by atoms with van der Waals surface area (Å²) in [6.07, 6.45) is 1.69. The van der Waals surface area contributed by atoms with Gasteiger partial charge < -0.3 is 9.47 Å². The highest BCUT2D eigenvalue weighted by Gasteiger charge is 2.07. The Hall–Kier alpha value is -1.51. The zero-order valence-corrected chi connectivity index (χ0v) is 10.2. The molecule has 0 aromatic carbocycles. The summed E-state index contributed by atoms with van der Waals surface area (Å²) in [6.45, 7) is 11.2. The molecule has 0 saturated carbocycles. The molecule has 0 amide bonds. The Bertz CT molecular complexity index is 348. The minimum absolute atomic E-state index is 0.423. The largest absolute Gasteiger partial charge is 0.484 e. The summed E-state index contributed by atoms with van der Waals surface area (Å²) < 4.78 is 11.0. The zero-order chi connectivity index (χ0) is 12.0. The lowest BCUT2D eigenvalue weighted by atomic mass is 10.1. The number of aromatic nitrogens is 1. The van der Waals surface area contributed by atoms with E-state index in [0.29, 0.717) is 30.8 Å². The van der Waals surface area contributed by atoms with Crippen LogP contribution in [0.2, 0.25) is 0 Å². The first-order chi connectivity index (χ1) is 7.65. The molecule has 0 aliphatic heterocycles. The van der Waals surface area contributed by atoms with Gasteiger partial charge in [0.25, 0.3) is 5.88 Å². The van der Waals surface area contributed by atoms with Crippen molar-refractivity contribution >= 4 is 0 Å². The molecule has 1 rings (SSSR count). The monoisotopic (exact) mass is 221 g/mol. The van der Waals surface area contributed by atoms with Gasteiger partial charge >= 0.3 is 0 Å². The predicted molar refractivity (Wildman–Crippen MR) is 64.9 cm³/mol. The fourth-order valence-electron chi connectivity index (χ4n) is 1.07. The lowest BCUT2D eigenvalue weighted by Crippen LogP contribution is -2.07. The van der Waals surface area contributed by atoms with E-state index in [1.54, 1.807) is 6.20 Å². The van der Waals surface area contributed by atoms with E-state index in [9.17, 15) is 0 Å². The molecule has 0 radical (unpaired) electrons. The van der Waals surface area contributed by atoms with Crippen LogP contribution in [0.3, 0.4) is 0 Å². The van der Waals surface area contributed by atoms with Gasteiger partial charge in [0.1, 0.15) is 6.61 Å². The second-order valence-electron chi connectivity index (χ2n) is 3.84. The molecular weight excluding hydrogens is 202 g/mol. The van der Waals surface area contributed by atoms with Crippen LogP contribution in [0, 0.1) is 5.92 Å². The molecule has 0 bridgehead atoms. The van der Waals surface area contributed by atoms with Crippen molar-refractivity contribution in [3.63, 3.8) is 0 Å². The second-order valence-corrected chi connectivity index (χ2v) is 3.84. The molecule has 0 unspecified atom stereocenters. The summed E-state index contributed by atoms with van der Waals surface area (Å²) in [5, 5.41) is 0. The molecule has 0 fully saturated rings. The first-order valence-electron chi connectivity index (χ1n) is 5.53. The van der Waals surface area contributed by atoms with E-state index in [4.69, 9.17) is 9.47 Å². The summed E-state index contributed by atoms with van der Waals surface area (Å²) in [5.41, 5.74) is 1.06. The minimum atomic E-state index is 0.423. The topological polar surface area (TPSA) is 31.4 Å². The molecule has 0 saturated heterocycles. The van der Waals surface area contributed by atoms with Gasteiger partial charge in [-0.1, -0.05) is 20.4 Å². The summed E-state index contributed by atoms with van der Waals surface area (Å²) in [4.78, 5) is 4.11. The van der Waals surface area contributed by atoms with Crippen LogP contribution >= 0.6 is 0 Å². The van der Waals surface area contributed by atoms with E-state index < -0.39 is 0 Å². The van der Waals surface area contributed by atoms with Gasteiger partial charge in [-0.3, -0.25) is 0 Å². The van der Waals surface area contributed by atoms with Crippen molar-refractivity contribution in [1.29, 1.82) is 0 Å². The molecule has 1 heterocycles. The van der Waals surface area contributed by atoms with Crippen LogP contribution in [0.5, 0.6) is 11.6 Å². The summed E-state index contributed by atoms with van der Waals surface area (Å²) in [6, 6.07) is 3.68. The van der Waals surface area contributed by atoms with Gasteiger partial charge in [0.15, 0.2) is 5.75 Å². The maximum absolute atomic E-state index is 5.63. The van der Waals surface area contributed by atoms with Gasteiger partial charge in [-0.15, -0.1) is 0 Å². The Morgan fingerprint density at radius 3 is 2.81 bits per heavy atom. The number of nitrogens with zero attached hydrogens (tertiary/aromatic N) is 1. The van der Waals surface area contributed by atoms with Gasteiger partial charge in [-0.05, 0) is 30.5 Å². The normalized spacial score (nSPS) is 10.2. The van der Waals surface area contributed by atoms with Crippen LogP contribution in [0.4, 0.5) is 0 Å². The third-order valence-corrected chi connectivity index (χ3v) is 2.25. The summed E-state index contributed by atoms with van der Waals surface area (Å²) >= 11 is 0. The molecule has 3 nitrogen and oxygen atoms in total. The molecule has 3 heteroatoms. The Morgan fingerprint density at radius 2 is 2.19 bits per heavy atom. The smallest absolute Gasteiger partial charge is 0.256 e. The number of hydrogen-bond acceptors (Lipinski definition) is 3. The van der Waals surface area contributed by atoms with E-state index in [1.165, 1.54) is 0 Å². The Kier molecular flexibility index (Phi) is 4.83. The Balaban J connectivity index is 2.62. The van der Waals surface area contributed by atoms with Crippen LogP contribution in [0.25, 0.3) is 0 Å². The highest BCUT2D eigenvalue weighted by molar-refractivity contribution is 5.32. The van der Waals surface area contributed by atoms with Crippen molar-refractivity contribution in [1.82, 2.24) is 4.98 Å². The maximum Gasteiger partial charge on any atom is 0.256 e. The van der Waals surface area contributed by atoms with Crippen molar-refractivity contribution < 1.29 is 9.47 Å². The highest BCUT2D eigenvalue weighted by atomic mass is 16.5. The lowest BCUT2D eigenvalue weighted by Gasteiger charge is -2.13. The standard InChI is InChI=1S/C13H19NO2/c1-5-15-13-12(7-6-8-14-13)16-9-11(4)10(2)3/h6-8,10H,4-5,9H2,1-3H3. The second kappa shape index (κ2) is 6.16. The molecule has 1 aromatic heterocycles. The van der Waals surface area contributed by atoms with E-state index in [-0.39, 0.29) is 0 Å². The van der Waals surface area contributed by atoms with Crippen molar-refractivity contribution in [3.8, 4) is 11.6 Å². The molecule has 16 heavy (non-hydrogen) atoms. The van der Waals surface area contributed by atoms with E-state index >= 15 is 0 Å². The molecule has 0 aliphatic carbocycles. The van der Waals surface area contributed by atoms with Crippen LogP contribution in [-0.4, -0.2) is 18.2 Å². The van der Waals surface area contributed by atoms with E-state index in [0.717, 1.165) is 5.57 Å². The Morgan fingerprint density at radius 1 is 1.44 bits per heavy atom. The molecule has 0 spiro atoms. The zero-order valence-electron chi connectivity index (χ0n) is 10.2. The van der Waals surface area contributed by atoms with Gasteiger partial charge in [-0.25, -0.2) is 4.98 Å². The predicted octanol–water partition coefficient (Wildman–Crippen LogP) is 3.07. The fourth-order valence-corrected chi connectivity index (χ4v) is 1.07. The van der Waals surface area contributed by atoms with Crippen LogP contribution in [0.1, 0.15) is 20.8 Å². The number of pyridine rings is 1. The van der Waals surface area contributed by atoms with Crippen molar-refractivity contribution in [2.45, 2.75) is 20.8 Å². The van der Waals surface area contributed by atoms with Crippen LogP contribution in [-0.2, 0) is 0 Å².